The first-order valence-corrected chi connectivity index (χ1v) is 9.05. The van der Waals surface area contributed by atoms with Crippen LogP contribution in [0.15, 0.2) is 40.9 Å². The van der Waals surface area contributed by atoms with Crippen LogP contribution in [0.25, 0.3) is 22.5 Å². The van der Waals surface area contributed by atoms with E-state index in [1.807, 2.05) is 24.3 Å². The Hall–Kier alpha value is -2.40. The van der Waals surface area contributed by atoms with Crippen molar-refractivity contribution in [2.24, 2.45) is 0 Å². The van der Waals surface area contributed by atoms with E-state index in [2.05, 4.69) is 46.9 Å². The summed E-state index contributed by atoms with van der Waals surface area (Å²) in [5, 5.41) is 0. The van der Waals surface area contributed by atoms with Gasteiger partial charge >= 0.3 is 0 Å². The lowest BCUT2D eigenvalue weighted by atomic mass is 10.0. The number of halogens is 1. The molecule has 0 aliphatic heterocycles. The monoisotopic (exact) mass is 415 g/mol. The van der Waals surface area contributed by atoms with E-state index in [1.165, 1.54) is 11.1 Å². The molecule has 1 aromatic heterocycles. The van der Waals surface area contributed by atoms with Gasteiger partial charge in [-0.2, -0.15) is 0 Å². The topological polar surface area (TPSA) is 43.5 Å². The number of benzene rings is 2. The molecule has 26 heavy (non-hydrogen) atoms. The number of rotatable bonds is 5. The van der Waals surface area contributed by atoms with Crippen LogP contribution in [0.5, 0.6) is 17.2 Å². The maximum Gasteiger partial charge on any atom is 0.161 e. The average Bonchev–Trinajstić information content (AvgIpc) is 2.96. The van der Waals surface area contributed by atoms with Gasteiger partial charge in [0.2, 0.25) is 0 Å². The van der Waals surface area contributed by atoms with Gasteiger partial charge in [-0.1, -0.05) is 0 Å². The van der Waals surface area contributed by atoms with Gasteiger partial charge in [-0.05, 0) is 82.9 Å². The lowest BCUT2D eigenvalue weighted by Crippen LogP contribution is -1.91. The van der Waals surface area contributed by atoms with Crippen molar-refractivity contribution >= 4 is 15.9 Å². The molecular formula is C21H22BrNO3. The fourth-order valence-corrected chi connectivity index (χ4v) is 3.62. The smallest absolute Gasteiger partial charge is 0.161 e. The summed E-state index contributed by atoms with van der Waals surface area (Å²) in [4.78, 5) is 3.58. The Balaban J connectivity index is 2.09. The van der Waals surface area contributed by atoms with E-state index in [4.69, 9.17) is 14.2 Å². The third-order valence-electron chi connectivity index (χ3n) is 4.68. The first-order chi connectivity index (χ1) is 12.5. The fraction of sp³-hybridized carbons (Fsp3) is 0.238. The quantitative estimate of drug-likeness (QED) is 0.576. The highest BCUT2D eigenvalue weighted by Crippen LogP contribution is 2.38. The molecule has 5 heteroatoms. The summed E-state index contributed by atoms with van der Waals surface area (Å²) in [6.07, 6.45) is 0. The second-order valence-electron chi connectivity index (χ2n) is 6.04. The highest BCUT2D eigenvalue weighted by Gasteiger charge is 2.16. The Kier molecular flexibility index (Phi) is 5.28. The molecule has 0 saturated carbocycles. The van der Waals surface area contributed by atoms with Crippen LogP contribution in [-0.4, -0.2) is 26.3 Å². The Bertz CT molecular complexity index is 947. The van der Waals surface area contributed by atoms with Gasteiger partial charge in [0.15, 0.2) is 11.5 Å². The summed E-state index contributed by atoms with van der Waals surface area (Å²) in [6.45, 7) is 4.25. The van der Waals surface area contributed by atoms with Crippen LogP contribution in [0.2, 0.25) is 0 Å². The van der Waals surface area contributed by atoms with E-state index in [1.54, 1.807) is 21.3 Å². The predicted octanol–water partition coefficient (Wildman–Crippen LogP) is 5.75. The zero-order chi connectivity index (χ0) is 18.8. The maximum atomic E-state index is 5.44. The predicted molar refractivity (Wildman–Crippen MR) is 108 cm³/mol. The highest BCUT2D eigenvalue weighted by molar-refractivity contribution is 9.10. The molecule has 0 aliphatic carbocycles. The molecule has 3 rings (SSSR count). The fourth-order valence-electron chi connectivity index (χ4n) is 3.08. The summed E-state index contributed by atoms with van der Waals surface area (Å²) in [6, 6.07) is 12.0. The van der Waals surface area contributed by atoms with Crippen molar-refractivity contribution in [1.29, 1.82) is 0 Å². The van der Waals surface area contributed by atoms with Crippen LogP contribution in [0.4, 0.5) is 0 Å². The molecule has 0 bridgehead atoms. The summed E-state index contributed by atoms with van der Waals surface area (Å²) in [7, 11) is 4.95. The Morgan fingerprint density at radius 2 is 1.19 bits per heavy atom. The number of hydrogen-bond donors (Lipinski definition) is 1. The summed E-state index contributed by atoms with van der Waals surface area (Å²) >= 11 is 3.56. The van der Waals surface area contributed by atoms with Crippen LogP contribution >= 0.6 is 15.9 Å². The molecule has 0 amide bonds. The molecule has 1 heterocycles. The third kappa shape index (κ3) is 3.19. The number of aromatic amines is 1. The van der Waals surface area contributed by atoms with Crippen LogP contribution in [0, 0.1) is 13.8 Å². The summed E-state index contributed by atoms with van der Waals surface area (Å²) in [5.74, 6) is 2.25. The maximum absolute atomic E-state index is 5.44. The first kappa shape index (κ1) is 18.4. The van der Waals surface area contributed by atoms with Crippen molar-refractivity contribution in [2.45, 2.75) is 13.8 Å². The first-order valence-electron chi connectivity index (χ1n) is 8.25. The number of nitrogens with one attached hydrogen (secondary N) is 1. The van der Waals surface area contributed by atoms with E-state index in [0.717, 1.165) is 38.5 Å². The van der Waals surface area contributed by atoms with E-state index >= 15 is 0 Å². The van der Waals surface area contributed by atoms with Gasteiger partial charge in [0.05, 0.1) is 25.8 Å². The number of aromatic nitrogens is 1. The number of hydrogen-bond acceptors (Lipinski definition) is 3. The number of H-pyrrole nitrogens is 1. The Morgan fingerprint density at radius 1 is 0.692 bits per heavy atom. The minimum Gasteiger partial charge on any atom is -0.496 e. The molecule has 0 unspecified atom stereocenters. The Labute approximate surface area is 162 Å². The molecule has 0 radical (unpaired) electrons. The minimum absolute atomic E-state index is 0.713. The molecule has 136 valence electrons. The normalized spacial score (nSPS) is 10.7. The van der Waals surface area contributed by atoms with Gasteiger partial charge in [0.25, 0.3) is 0 Å². The van der Waals surface area contributed by atoms with Crippen molar-refractivity contribution < 1.29 is 14.2 Å². The molecular weight excluding hydrogens is 394 g/mol. The molecule has 2 aromatic carbocycles. The lowest BCUT2D eigenvalue weighted by molar-refractivity contribution is 0.355. The lowest BCUT2D eigenvalue weighted by Gasteiger charge is -2.09. The second kappa shape index (κ2) is 7.46. The van der Waals surface area contributed by atoms with Crippen LogP contribution in [0.3, 0.4) is 0 Å². The van der Waals surface area contributed by atoms with E-state index in [-0.39, 0.29) is 0 Å². The van der Waals surface area contributed by atoms with Crippen molar-refractivity contribution in [3.05, 3.63) is 52.0 Å². The molecule has 3 aromatic rings. The number of methoxy groups -OCH3 is 3. The zero-order valence-corrected chi connectivity index (χ0v) is 17.2. The van der Waals surface area contributed by atoms with Crippen LogP contribution < -0.4 is 14.2 Å². The van der Waals surface area contributed by atoms with Crippen molar-refractivity contribution in [3.8, 4) is 39.8 Å². The van der Waals surface area contributed by atoms with Crippen molar-refractivity contribution in [3.63, 3.8) is 0 Å². The summed E-state index contributed by atoms with van der Waals surface area (Å²) in [5.41, 5.74) is 6.75. The Morgan fingerprint density at radius 3 is 1.69 bits per heavy atom. The molecule has 0 spiro atoms. The average molecular weight is 416 g/mol. The molecule has 0 saturated heterocycles. The van der Waals surface area contributed by atoms with Gasteiger partial charge < -0.3 is 19.2 Å². The molecule has 0 atom stereocenters. The standard InChI is InChI=1S/C21H22BrNO3/c1-12-13(2)21(15-7-9-18(25-4)19(11-15)26-5)23-20(12)14-6-8-17(24-3)16(22)10-14/h6-11,23H,1-5H3. The third-order valence-corrected chi connectivity index (χ3v) is 5.29. The number of ether oxygens (including phenoxy) is 3. The van der Waals surface area contributed by atoms with E-state index < -0.39 is 0 Å². The summed E-state index contributed by atoms with van der Waals surface area (Å²) < 4.78 is 17.0. The second-order valence-corrected chi connectivity index (χ2v) is 6.90. The van der Waals surface area contributed by atoms with Crippen LogP contribution in [0.1, 0.15) is 11.1 Å². The van der Waals surface area contributed by atoms with Crippen molar-refractivity contribution in [2.75, 3.05) is 21.3 Å². The van der Waals surface area contributed by atoms with E-state index in [0.29, 0.717) is 5.75 Å². The SMILES string of the molecule is COc1ccc(-c2[nH]c(-c3ccc(OC)c(OC)c3)c(C)c2C)cc1Br. The van der Waals surface area contributed by atoms with E-state index in [9.17, 15) is 0 Å². The minimum atomic E-state index is 0.713. The zero-order valence-electron chi connectivity index (χ0n) is 15.6. The molecule has 0 fully saturated rings. The van der Waals surface area contributed by atoms with Gasteiger partial charge in [0.1, 0.15) is 5.75 Å². The van der Waals surface area contributed by atoms with Crippen LogP contribution in [-0.2, 0) is 0 Å². The van der Waals surface area contributed by atoms with Gasteiger partial charge in [-0.3, -0.25) is 0 Å². The van der Waals surface area contributed by atoms with Gasteiger partial charge in [0, 0.05) is 17.0 Å². The van der Waals surface area contributed by atoms with Gasteiger partial charge in [-0.25, -0.2) is 0 Å². The largest absolute Gasteiger partial charge is 0.496 e. The molecule has 0 aliphatic rings. The molecule has 1 N–H and O–H groups in total. The highest BCUT2D eigenvalue weighted by atomic mass is 79.9. The van der Waals surface area contributed by atoms with Gasteiger partial charge in [-0.15, -0.1) is 0 Å². The van der Waals surface area contributed by atoms with Crippen molar-refractivity contribution in [1.82, 2.24) is 4.98 Å². The molecule has 4 nitrogen and oxygen atoms in total.